The molecule has 1 aliphatic heterocycles. The van der Waals surface area contributed by atoms with E-state index < -0.39 is 0 Å². The summed E-state index contributed by atoms with van der Waals surface area (Å²) in [6, 6.07) is 9.98. The molecule has 130 valence electrons. The minimum atomic E-state index is -0.0829. The molecule has 1 aromatic carbocycles. The van der Waals surface area contributed by atoms with Gasteiger partial charge in [0.25, 0.3) is 5.88 Å². The van der Waals surface area contributed by atoms with Crippen molar-refractivity contribution < 1.29 is 4.74 Å². The monoisotopic (exact) mass is 338 g/mol. The lowest BCUT2D eigenvalue weighted by Crippen LogP contribution is -2.48. The van der Waals surface area contributed by atoms with Gasteiger partial charge in [-0.25, -0.2) is 9.97 Å². The van der Waals surface area contributed by atoms with Crippen LogP contribution in [0, 0.1) is 0 Å². The SMILES string of the molecule is CC1(N)CCN(c2cnc3c(OCc4ccccc4)n[nH]c3n2)CC1. The Morgan fingerprint density at radius 2 is 2.00 bits per heavy atom. The van der Waals surface area contributed by atoms with Crippen LogP contribution in [0.3, 0.4) is 0 Å². The van der Waals surface area contributed by atoms with Gasteiger partial charge < -0.3 is 15.4 Å². The molecule has 1 saturated heterocycles. The molecule has 0 aliphatic carbocycles. The fraction of sp³-hybridized carbons (Fsp3) is 0.389. The third kappa shape index (κ3) is 3.41. The van der Waals surface area contributed by atoms with Crippen molar-refractivity contribution in [3.05, 3.63) is 42.1 Å². The van der Waals surface area contributed by atoms with Gasteiger partial charge in [0.15, 0.2) is 11.2 Å². The van der Waals surface area contributed by atoms with Gasteiger partial charge >= 0.3 is 0 Å². The average Bonchev–Trinajstić information content (AvgIpc) is 3.03. The first-order chi connectivity index (χ1) is 12.1. The summed E-state index contributed by atoms with van der Waals surface area (Å²) >= 11 is 0. The summed E-state index contributed by atoms with van der Waals surface area (Å²) in [6.07, 6.45) is 3.68. The largest absolute Gasteiger partial charge is 0.470 e. The van der Waals surface area contributed by atoms with Crippen LogP contribution in [0.4, 0.5) is 5.82 Å². The van der Waals surface area contributed by atoms with Crippen molar-refractivity contribution in [3.63, 3.8) is 0 Å². The van der Waals surface area contributed by atoms with Crippen LogP contribution >= 0.6 is 0 Å². The summed E-state index contributed by atoms with van der Waals surface area (Å²) in [5.41, 5.74) is 8.49. The molecule has 0 atom stereocenters. The zero-order valence-corrected chi connectivity index (χ0v) is 14.3. The van der Waals surface area contributed by atoms with Crippen molar-refractivity contribution in [3.8, 4) is 5.88 Å². The smallest absolute Gasteiger partial charge is 0.261 e. The van der Waals surface area contributed by atoms with E-state index >= 15 is 0 Å². The van der Waals surface area contributed by atoms with E-state index in [1.165, 1.54) is 0 Å². The number of H-pyrrole nitrogens is 1. The number of rotatable bonds is 4. The number of hydrogen-bond acceptors (Lipinski definition) is 6. The van der Waals surface area contributed by atoms with E-state index in [1.54, 1.807) is 6.20 Å². The Morgan fingerprint density at radius 1 is 1.24 bits per heavy atom. The van der Waals surface area contributed by atoms with Gasteiger partial charge in [-0.3, -0.25) is 5.10 Å². The molecule has 4 rings (SSSR count). The topological polar surface area (TPSA) is 93.0 Å². The highest BCUT2D eigenvalue weighted by atomic mass is 16.5. The van der Waals surface area contributed by atoms with Crippen molar-refractivity contribution in [2.75, 3.05) is 18.0 Å². The van der Waals surface area contributed by atoms with Crippen molar-refractivity contribution in [2.45, 2.75) is 31.9 Å². The molecule has 1 fully saturated rings. The Morgan fingerprint density at radius 3 is 2.76 bits per heavy atom. The summed E-state index contributed by atoms with van der Waals surface area (Å²) in [5, 5.41) is 7.13. The second-order valence-corrected chi connectivity index (χ2v) is 6.87. The molecule has 0 bridgehead atoms. The van der Waals surface area contributed by atoms with E-state index in [2.05, 4.69) is 32.0 Å². The van der Waals surface area contributed by atoms with E-state index in [0.717, 1.165) is 37.3 Å². The zero-order chi connectivity index (χ0) is 17.3. The molecular formula is C18H22N6O. The van der Waals surface area contributed by atoms with Crippen molar-refractivity contribution in [1.29, 1.82) is 0 Å². The molecule has 25 heavy (non-hydrogen) atoms. The van der Waals surface area contributed by atoms with E-state index in [1.807, 2.05) is 30.3 Å². The summed E-state index contributed by atoms with van der Waals surface area (Å²) in [5.74, 6) is 1.33. The van der Waals surface area contributed by atoms with Crippen LogP contribution < -0.4 is 15.4 Å². The number of fused-ring (bicyclic) bond motifs is 1. The van der Waals surface area contributed by atoms with Crippen molar-refractivity contribution in [2.24, 2.45) is 5.73 Å². The van der Waals surface area contributed by atoms with Crippen LogP contribution in [0.5, 0.6) is 5.88 Å². The fourth-order valence-electron chi connectivity index (χ4n) is 3.00. The van der Waals surface area contributed by atoms with E-state index in [9.17, 15) is 0 Å². The van der Waals surface area contributed by atoms with Gasteiger partial charge in [-0.15, -0.1) is 5.10 Å². The van der Waals surface area contributed by atoms with Crippen LogP contribution in [0.15, 0.2) is 36.5 Å². The quantitative estimate of drug-likeness (QED) is 0.758. The standard InChI is InChI=1S/C18H22N6O/c1-18(19)7-9-24(10-8-18)14-11-20-15-16(21-14)22-23-17(15)25-12-13-5-3-2-4-6-13/h2-6,11H,7-10,12,19H2,1H3,(H,21,22,23). The number of piperidine rings is 1. The van der Waals surface area contributed by atoms with Crippen LogP contribution in [0.2, 0.25) is 0 Å². The lowest BCUT2D eigenvalue weighted by molar-refractivity contribution is 0.296. The summed E-state index contributed by atoms with van der Waals surface area (Å²) < 4.78 is 5.78. The number of ether oxygens (including phenoxy) is 1. The molecule has 2 aromatic heterocycles. The second-order valence-electron chi connectivity index (χ2n) is 6.87. The Kier molecular flexibility index (Phi) is 4.01. The molecule has 3 aromatic rings. The van der Waals surface area contributed by atoms with Crippen molar-refractivity contribution in [1.82, 2.24) is 20.2 Å². The molecule has 1 aliphatic rings. The first-order valence-electron chi connectivity index (χ1n) is 8.52. The third-order valence-corrected chi connectivity index (χ3v) is 4.67. The molecule has 0 amide bonds. The third-order valence-electron chi connectivity index (χ3n) is 4.67. The van der Waals surface area contributed by atoms with Crippen LogP contribution in [-0.2, 0) is 6.61 Å². The molecular weight excluding hydrogens is 316 g/mol. The Balaban J connectivity index is 1.49. The second kappa shape index (κ2) is 6.33. The number of anilines is 1. The van der Waals surface area contributed by atoms with E-state index in [0.29, 0.717) is 23.7 Å². The number of aromatic amines is 1. The fourth-order valence-corrected chi connectivity index (χ4v) is 3.00. The lowest BCUT2D eigenvalue weighted by Gasteiger charge is -2.37. The highest BCUT2D eigenvalue weighted by Crippen LogP contribution is 2.26. The number of nitrogens with two attached hydrogens (primary N) is 1. The predicted octanol–water partition coefficient (Wildman–Crippen LogP) is 2.25. The summed E-state index contributed by atoms with van der Waals surface area (Å²) in [6.45, 7) is 4.33. The summed E-state index contributed by atoms with van der Waals surface area (Å²) in [4.78, 5) is 11.4. The number of hydrogen-bond donors (Lipinski definition) is 2. The molecule has 7 nitrogen and oxygen atoms in total. The normalized spacial score (nSPS) is 17.0. The van der Waals surface area contributed by atoms with E-state index in [-0.39, 0.29) is 5.54 Å². The zero-order valence-electron chi connectivity index (χ0n) is 14.3. The van der Waals surface area contributed by atoms with Crippen LogP contribution in [-0.4, -0.2) is 38.8 Å². The van der Waals surface area contributed by atoms with Gasteiger partial charge in [-0.05, 0) is 25.3 Å². The molecule has 0 saturated carbocycles. The Bertz CT molecular complexity index is 850. The molecule has 3 heterocycles. The van der Waals surface area contributed by atoms with Gasteiger partial charge in [-0.2, -0.15) is 0 Å². The molecule has 0 radical (unpaired) electrons. The van der Waals surface area contributed by atoms with Crippen LogP contribution in [0.25, 0.3) is 11.2 Å². The molecule has 0 spiro atoms. The lowest BCUT2D eigenvalue weighted by atomic mass is 9.91. The predicted molar refractivity (Wildman–Crippen MR) is 96.5 cm³/mol. The van der Waals surface area contributed by atoms with Gasteiger partial charge in [0, 0.05) is 18.6 Å². The summed E-state index contributed by atoms with van der Waals surface area (Å²) in [7, 11) is 0. The molecule has 0 unspecified atom stereocenters. The highest BCUT2D eigenvalue weighted by Gasteiger charge is 2.27. The van der Waals surface area contributed by atoms with Gasteiger partial charge in [0.2, 0.25) is 0 Å². The van der Waals surface area contributed by atoms with Gasteiger partial charge in [-0.1, -0.05) is 30.3 Å². The first kappa shape index (κ1) is 15.8. The molecule has 7 heteroatoms. The van der Waals surface area contributed by atoms with Gasteiger partial charge in [0.1, 0.15) is 12.4 Å². The van der Waals surface area contributed by atoms with Gasteiger partial charge in [0.05, 0.1) is 6.20 Å². The maximum atomic E-state index is 6.20. The Labute approximate surface area is 146 Å². The number of nitrogens with one attached hydrogen (secondary N) is 1. The number of nitrogens with zero attached hydrogens (tertiary/aromatic N) is 4. The highest BCUT2D eigenvalue weighted by molar-refractivity contribution is 5.77. The first-order valence-corrected chi connectivity index (χ1v) is 8.52. The van der Waals surface area contributed by atoms with E-state index in [4.69, 9.17) is 10.5 Å². The van der Waals surface area contributed by atoms with Crippen molar-refractivity contribution >= 4 is 17.0 Å². The maximum Gasteiger partial charge on any atom is 0.261 e. The number of benzene rings is 1. The minimum Gasteiger partial charge on any atom is -0.470 e. The number of aromatic nitrogens is 4. The Hall–Kier alpha value is -2.67. The minimum absolute atomic E-state index is 0.0829. The molecule has 3 N–H and O–H groups in total. The van der Waals surface area contributed by atoms with Crippen LogP contribution in [0.1, 0.15) is 25.3 Å². The maximum absolute atomic E-state index is 6.20. The average molecular weight is 338 g/mol.